The number of aromatic nitrogens is 1. The molecule has 1 heterocycles. The van der Waals surface area contributed by atoms with Gasteiger partial charge in [0.25, 0.3) is 5.91 Å². The first-order valence-corrected chi connectivity index (χ1v) is 8.68. The summed E-state index contributed by atoms with van der Waals surface area (Å²) < 4.78 is 10.3. The molecule has 0 aliphatic heterocycles. The Kier molecular flexibility index (Phi) is 5.76. The zero-order chi connectivity index (χ0) is 19.2. The van der Waals surface area contributed by atoms with Gasteiger partial charge >= 0.3 is 5.97 Å². The summed E-state index contributed by atoms with van der Waals surface area (Å²) in [5.74, 6) is -0.281. The van der Waals surface area contributed by atoms with Crippen LogP contribution in [-0.4, -0.2) is 36.6 Å². The highest BCUT2D eigenvalue weighted by Crippen LogP contribution is 2.19. The maximum atomic E-state index is 12.3. The van der Waals surface area contributed by atoms with Crippen molar-refractivity contribution >= 4 is 22.8 Å². The second-order valence-corrected chi connectivity index (χ2v) is 6.31. The lowest BCUT2D eigenvalue weighted by atomic mass is 10.0. The van der Waals surface area contributed by atoms with Gasteiger partial charge in [-0.25, -0.2) is 4.79 Å². The van der Waals surface area contributed by atoms with E-state index in [2.05, 4.69) is 10.3 Å². The smallest absolute Gasteiger partial charge is 0.328 e. The monoisotopic (exact) mass is 366 g/mol. The number of aryl methyl sites for hydroxylation is 1. The van der Waals surface area contributed by atoms with Crippen molar-refractivity contribution in [3.63, 3.8) is 0 Å². The molecule has 2 aromatic carbocycles. The Hall–Kier alpha value is -3.28. The van der Waals surface area contributed by atoms with E-state index >= 15 is 0 Å². The second-order valence-electron chi connectivity index (χ2n) is 6.31. The van der Waals surface area contributed by atoms with Gasteiger partial charge in [0.05, 0.1) is 7.11 Å². The highest BCUT2D eigenvalue weighted by atomic mass is 16.5. The molecule has 6 nitrogen and oxygen atoms in total. The minimum absolute atomic E-state index is 0.176. The third-order valence-corrected chi connectivity index (χ3v) is 4.31. The number of hydrogen-bond donors (Lipinski definition) is 2. The number of ether oxygens (including phenoxy) is 2. The Bertz CT molecular complexity index is 931. The molecule has 0 saturated heterocycles. The number of methoxy groups -OCH3 is 1. The Morgan fingerprint density at radius 3 is 2.59 bits per heavy atom. The summed E-state index contributed by atoms with van der Waals surface area (Å²) in [5, 5.41) is 3.71. The highest BCUT2D eigenvalue weighted by Gasteiger charge is 2.23. The largest absolute Gasteiger partial charge is 0.484 e. The van der Waals surface area contributed by atoms with Gasteiger partial charge in [0.15, 0.2) is 6.61 Å². The minimum Gasteiger partial charge on any atom is -0.484 e. The van der Waals surface area contributed by atoms with E-state index < -0.39 is 12.0 Å². The first kappa shape index (κ1) is 18.5. The normalized spacial score (nSPS) is 11.8. The van der Waals surface area contributed by atoms with Crippen molar-refractivity contribution < 1.29 is 19.1 Å². The quantitative estimate of drug-likeness (QED) is 0.630. The molecule has 0 radical (unpaired) electrons. The summed E-state index contributed by atoms with van der Waals surface area (Å²) in [6.45, 7) is 1.80. The van der Waals surface area contributed by atoms with Crippen LogP contribution in [0.5, 0.6) is 5.75 Å². The molecule has 1 atom stereocenters. The zero-order valence-electron chi connectivity index (χ0n) is 15.3. The fourth-order valence-corrected chi connectivity index (χ4v) is 2.88. The van der Waals surface area contributed by atoms with E-state index in [1.54, 1.807) is 12.1 Å². The molecule has 2 N–H and O–H groups in total. The molecule has 3 aromatic rings. The van der Waals surface area contributed by atoms with Crippen molar-refractivity contribution in [1.82, 2.24) is 10.3 Å². The summed E-state index contributed by atoms with van der Waals surface area (Å²) >= 11 is 0. The van der Waals surface area contributed by atoms with Gasteiger partial charge in [-0.2, -0.15) is 0 Å². The Morgan fingerprint density at radius 1 is 1.11 bits per heavy atom. The van der Waals surface area contributed by atoms with Crippen molar-refractivity contribution in [3.05, 3.63) is 65.9 Å². The molecular formula is C21H22N2O4. The predicted molar refractivity (Wildman–Crippen MR) is 103 cm³/mol. The van der Waals surface area contributed by atoms with Crippen LogP contribution in [-0.2, 0) is 20.7 Å². The SMILES string of the molecule is COC(=O)[C@@H](Cc1c[nH]c2ccccc12)NC(=O)COc1ccc(C)cc1. The van der Waals surface area contributed by atoms with Crippen LogP contribution in [0.2, 0.25) is 0 Å². The fraction of sp³-hybridized carbons (Fsp3) is 0.238. The molecule has 0 bridgehead atoms. The number of amides is 1. The molecule has 6 heteroatoms. The van der Waals surface area contributed by atoms with Crippen molar-refractivity contribution in [2.75, 3.05) is 13.7 Å². The van der Waals surface area contributed by atoms with Crippen LogP contribution in [0.1, 0.15) is 11.1 Å². The van der Waals surface area contributed by atoms with Gasteiger partial charge in [-0.05, 0) is 30.7 Å². The molecule has 0 saturated carbocycles. The van der Waals surface area contributed by atoms with Crippen LogP contribution >= 0.6 is 0 Å². The predicted octanol–water partition coefficient (Wildman–Crippen LogP) is 2.76. The van der Waals surface area contributed by atoms with Crippen LogP contribution in [0.25, 0.3) is 10.9 Å². The number of nitrogens with one attached hydrogen (secondary N) is 2. The van der Waals surface area contributed by atoms with Gasteiger partial charge in [-0.1, -0.05) is 35.9 Å². The number of aromatic amines is 1. The minimum atomic E-state index is -0.789. The van der Waals surface area contributed by atoms with E-state index in [0.717, 1.165) is 22.0 Å². The van der Waals surface area contributed by atoms with Crippen LogP contribution < -0.4 is 10.1 Å². The average Bonchev–Trinajstić information content (AvgIpc) is 3.09. The number of esters is 1. The van der Waals surface area contributed by atoms with Crippen LogP contribution in [0.4, 0.5) is 0 Å². The number of rotatable bonds is 7. The van der Waals surface area contributed by atoms with Gasteiger partial charge in [0, 0.05) is 23.5 Å². The van der Waals surface area contributed by atoms with Crippen molar-refractivity contribution in [1.29, 1.82) is 0 Å². The lowest BCUT2D eigenvalue weighted by molar-refractivity contribution is -0.145. The maximum absolute atomic E-state index is 12.3. The topological polar surface area (TPSA) is 80.4 Å². The number of benzene rings is 2. The van der Waals surface area contributed by atoms with Crippen molar-refractivity contribution in [3.8, 4) is 5.75 Å². The number of carbonyl (C=O) groups excluding carboxylic acids is 2. The van der Waals surface area contributed by atoms with Crippen molar-refractivity contribution in [2.45, 2.75) is 19.4 Å². The van der Waals surface area contributed by atoms with Crippen LogP contribution in [0.15, 0.2) is 54.7 Å². The third kappa shape index (κ3) is 4.67. The van der Waals surface area contributed by atoms with Gasteiger partial charge in [0.1, 0.15) is 11.8 Å². The van der Waals surface area contributed by atoms with E-state index in [4.69, 9.17) is 9.47 Å². The number of para-hydroxylation sites is 1. The third-order valence-electron chi connectivity index (χ3n) is 4.31. The van der Waals surface area contributed by atoms with E-state index in [-0.39, 0.29) is 12.5 Å². The molecule has 0 aliphatic carbocycles. The lowest BCUT2D eigenvalue weighted by Crippen LogP contribution is -2.44. The summed E-state index contributed by atoms with van der Waals surface area (Å²) in [4.78, 5) is 27.6. The number of fused-ring (bicyclic) bond motifs is 1. The van der Waals surface area contributed by atoms with Gasteiger partial charge in [-0.3, -0.25) is 4.79 Å². The van der Waals surface area contributed by atoms with Gasteiger partial charge in [0.2, 0.25) is 0 Å². The molecule has 140 valence electrons. The standard InChI is InChI=1S/C21H22N2O4/c1-14-7-9-16(10-8-14)27-13-20(24)23-19(21(25)26-2)11-15-12-22-18-6-4-3-5-17(15)18/h3-10,12,19,22H,11,13H2,1-2H3,(H,23,24)/t19-/m1/s1. The number of carbonyl (C=O) groups is 2. The van der Waals surface area contributed by atoms with Gasteiger partial charge in [-0.15, -0.1) is 0 Å². The second kappa shape index (κ2) is 8.40. The molecule has 3 rings (SSSR count). The Balaban J connectivity index is 1.65. The van der Waals surface area contributed by atoms with Crippen LogP contribution in [0, 0.1) is 6.92 Å². The van der Waals surface area contributed by atoms with E-state index in [0.29, 0.717) is 12.2 Å². The number of hydrogen-bond acceptors (Lipinski definition) is 4. The highest BCUT2D eigenvalue weighted by molar-refractivity contribution is 5.87. The Labute approximate surface area is 157 Å². The van der Waals surface area contributed by atoms with E-state index in [1.807, 2.05) is 49.5 Å². The fourth-order valence-electron chi connectivity index (χ4n) is 2.88. The molecular weight excluding hydrogens is 344 g/mol. The zero-order valence-corrected chi connectivity index (χ0v) is 15.3. The summed E-state index contributed by atoms with van der Waals surface area (Å²) in [5.41, 5.74) is 3.02. The summed E-state index contributed by atoms with van der Waals surface area (Å²) in [6.07, 6.45) is 2.17. The lowest BCUT2D eigenvalue weighted by Gasteiger charge is -2.16. The first-order chi connectivity index (χ1) is 13.1. The molecule has 0 fully saturated rings. The van der Waals surface area contributed by atoms with Crippen LogP contribution in [0.3, 0.4) is 0 Å². The van der Waals surface area contributed by atoms with Gasteiger partial charge < -0.3 is 19.8 Å². The van der Waals surface area contributed by atoms with Crippen molar-refractivity contribution in [2.24, 2.45) is 0 Å². The van der Waals surface area contributed by atoms with E-state index in [9.17, 15) is 9.59 Å². The Morgan fingerprint density at radius 2 is 1.85 bits per heavy atom. The molecule has 1 amide bonds. The molecule has 0 spiro atoms. The first-order valence-electron chi connectivity index (χ1n) is 8.68. The molecule has 0 unspecified atom stereocenters. The summed E-state index contributed by atoms with van der Waals surface area (Å²) in [7, 11) is 1.31. The summed E-state index contributed by atoms with van der Waals surface area (Å²) in [6, 6.07) is 14.4. The molecule has 1 aromatic heterocycles. The van der Waals surface area contributed by atoms with E-state index in [1.165, 1.54) is 7.11 Å². The molecule has 0 aliphatic rings. The number of H-pyrrole nitrogens is 1. The average molecular weight is 366 g/mol. The maximum Gasteiger partial charge on any atom is 0.328 e. The molecule has 27 heavy (non-hydrogen) atoms.